The molecule has 1 fully saturated rings. The summed E-state index contributed by atoms with van der Waals surface area (Å²) in [5.41, 5.74) is 12.2. The second kappa shape index (κ2) is 14.4. The van der Waals surface area contributed by atoms with Crippen molar-refractivity contribution in [1.82, 2.24) is 9.21 Å². The van der Waals surface area contributed by atoms with E-state index in [1.165, 1.54) is 21.3 Å². The van der Waals surface area contributed by atoms with Crippen molar-refractivity contribution in [2.75, 3.05) is 27.2 Å². The fourth-order valence-corrected chi connectivity index (χ4v) is 6.52. The monoisotopic (exact) mass is 658 g/mol. The van der Waals surface area contributed by atoms with E-state index in [-0.39, 0.29) is 48.6 Å². The van der Waals surface area contributed by atoms with Gasteiger partial charge in [0.15, 0.2) is 11.7 Å². The van der Waals surface area contributed by atoms with Crippen molar-refractivity contribution in [3.05, 3.63) is 95.6 Å². The van der Waals surface area contributed by atoms with E-state index in [1.807, 2.05) is 30.3 Å². The lowest BCUT2D eigenvalue weighted by atomic mass is 9.87. The van der Waals surface area contributed by atoms with Crippen LogP contribution in [0.25, 0.3) is 0 Å². The van der Waals surface area contributed by atoms with E-state index in [4.69, 9.17) is 20.9 Å². The van der Waals surface area contributed by atoms with Gasteiger partial charge in [-0.1, -0.05) is 56.3 Å². The summed E-state index contributed by atoms with van der Waals surface area (Å²) in [4.78, 5) is 38.1. The van der Waals surface area contributed by atoms with Crippen LogP contribution in [0.5, 0.6) is 5.75 Å². The molecule has 0 spiro atoms. The minimum absolute atomic E-state index is 0. The third-order valence-electron chi connectivity index (χ3n) is 7.44. The maximum absolute atomic E-state index is 13.7. The zero-order valence-electron chi connectivity index (χ0n) is 25.6. The Morgan fingerprint density at radius 1 is 0.956 bits per heavy atom. The number of halogens is 1. The van der Waals surface area contributed by atoms with Crippen LogP contribution < -0.4 is 16.2 Å². The number of likely N-dealkylation sites (N-methyl/N-ethyl adjacent to an activating group) is 1. The predicted octanol–water partition coefficient (Wildman–Crippen LogP) is 2.71. The van der Waals surface area contributed by atoms with Gasteiger partial charge in [-0.15, -0.1) is 12.4 Å². The second-order valence-electron chi connectivity index (χ2n) is 11.4. The van der Waals surface area contributed by atoms with Crippen LogP contribution in [0.1, 0.15) is 35.3 Å². The van der Waals surface area contributed by atoms with E-state index in [1.54, 1.807) is 64.3 Å². The first-order valence-corrected chi connectivity index (χ1v) is 15.6. The van der Waals surface area contributed by atoms with Gasteiger partial charge in [0.2, 0.25) is 15.9 Å². The number of benzene rings is 3. The van der Waals surface area contributed by atoms with Crippen LogP contribution in [0.2, 0.25) is 0 Å². The van der Waals surface area contributed by atoms with Crippen molar-refractivity contribution in [3.63, 3.8) is 0 Å². The highest BCUT2D eigenvalue weighted by atomic mass is 35.5. The van der Waals surface area contributed by atoms with E-state index in [0.717, 1.165) is 5.56 Å². The average Bonchev–Trinajstić information content (AvgIpc) is 2.97. The maximum atomic E-state index is 13.7. The van der Waals surface area contributed by atoms with E-state index >= 15 is 0 Å². The summed E-state index contributed by atoms with van der Waals surface area (Å²) in [6, 6.07) is 20.8. The number of ether oxygens (including phenoxy) is 2. The number of nitrogens with zero attached hydrogens (tertiary/aromatic N) is 2. The third kappa shape index (κ3) is 8.01. The first-order chi connectivity index (χ1) is 20.7. The number of sulfonamides is 1. The quantitative estimate of drug-likeness (QED) is 0.281. The number of carbonyl (C=O) groups is 3. The molecule has 3 aromatic carbocycles. The number of hydrogen-bond donors (Lipinski definition) is 2. The molecule has 11 nitrogen and oxygen atoms in total. The molecule has 0 aromatic heterocycles. The van der Waals surface area contributed by atoms with Gasteiger partial charge in [0.05, 0.1) is 18.0 Å². The molecule has 1 aliphatic heterocycles. The van der Waals surface area contributed by atoms with Crippen LogP contribution in [0, 0.1) is 5.92 Å². The molecule has 2 amide bonds. The Balaban J connectivity index is 0.00000552. The standard InChI is InChI=1S/C32H38N4O7S.ClH/c1-21(2)28(30(38)35(3)4)42-31(39)27(33)18-22-9-8-12-26(17-22)44(40,41)36-19-32(20-36,24-10-6-5-7-11-24)43-25-15-13-23(14-16-25)29(34)37;/h5-17,21,27-28H,18-20,33H2,1-4H3,(H2,34,37);1H/t27-,28?;/m0./s1. The Bertz CT molecular complexity index is 1610. The summed E-state index contributed by atoms with van der Waals surface area (Å²) < 4.78 is 40.5. The summed E-state index contributed by atoms with van der Waals surface area (Å²) >= 11 is 0. The van der Waals surface area contributed by atoms with Gasteiger partial charge in [-0.25, -0.2) is 8.42 Å². The molecule has 45 heavy (non-hydrogen) atoms. The molecule has 13 heteroatoms. The van der Waals surface area contributed by atoms with Gasteiger partial charge in [-0.2, -0.15) is 4.31 Å². The fourth-order valence-electron chi connectivity index (χ4n) is 4.91. The van der Waals surface area contributed by atoms with Gasteiger partial charge in [-0.3, -0.25) is 14.4 Å². The van der Waals surface area contributed by atoms with E-state index < -0.39 is 39.6 Å². The maximum Gasteiger partial charge on any atom is 0.324 e. The molecule has 1 aliphatic rings. The van der Waals surface area contributed by atoms with Crippen molar-refractivity contribution in [2.45, 2.75) is 42.9 Å². The van der Waals surface area contributed by atoms with Gasteiger partial charge < -0.3 is 25.8 Å². The third-order valence-corrected chi connectivity index (χ3v) is 9.23. The summed E-state index contributed by atoms with van der Waals surface area (Å²) in [5.74, 6) is -1.45. The topological polar surface area (TPSA) is 162 Å². The zero-order chi connectivity index (χ0) is 32.2. The molecule has 0 radical (unpaired) electrons. The lowest BCUT2D eigenvalue weighted by molar-refractivity contribution is -0.163. The number of nitrogens with two attached hydrogens (primary N) is 2. The largest absolute Gasteiger partial charge is 0.480 e. The molecule has 242 valence electrons. The van der Waals surface area contributed by atoms with Crippen LogP contribution in [-0.4, -0.2) is 74.7 Å². The highest BCUT2D eigenvalue weighted by Gasteiger charge is 2.52. The number of amides is 2. The lowest BCUT2D eigenvalue weighted by Crippen LogP contribution is -2.64. The van der Waals surface area contributed by atoms with Crippen molar-refractivity contribution >= 4 is 40.2 Å². The van der Waals surface area contributed by atoms with Crippen molar-refractivity contribution in [2.24, 2.45) is 17.4 Å². The molecule has 4 N–H and O–H groups in total. The Kier molecular flexibility index (Phi) is 11.4. The van der Waals surface area contributed by atoms with Crippen molar-refractivity contribution < 1.29 is 32.3 Å². The molecule has 0 aliphatic carbocycles. The number of primary amides is 1. The summed E-state index contributed by atoms with van der Waals surface area (Å²) in [5, 5.41) is 0. The summed E-state index contributed by atoms with van der Waals surface area (Å²) in [7, 11) is -0.781. The Morgan fingerprint density at radius 3 is 2.13 bits per heavy atom. The van der Waals surface area contributed by atoms with Crippen LogP contribution in [-0.2, 0) is 36.4 Å². The molecule has 1 unspecified atom stereocenters. The van der Waals surface area contributed by atoms with Gasteiger partial charge >= 0.3 is 5.97 Å². The van der Waals surface area contributed by atoms with E-state index in [9.17, 15) is 22.8 Å². The molecule has 0 saturated carbocycles. The van der Waals surface area contributed by atoms with Crippen LogP contribution >= 0.6 is 12.4 Å². The first kappa shape index (κ1) is 35.5. The average molecular weight is 659 g/mol. The van der Waals surface area contributed by atoms with E-state index in [2.05, 4.69) is 0 Å². The SMILES string of the molecule is CC(C)C(OC(=O)[C@@H](N)Cc1cccc(S(=O)(=O)N2CC(Oc3ccc(C(N)=O)cc3)(c3ccccc3)C2)c1)C(=O)N(C)C.Cl. The summed E-state index contributed by atoms with van der Waals surface area (Å²) in [6.45, 7) is 3.63. The smallest absolute Gasteiger partial charge is 0.324 e. The minimum Gasteiger partial charge on any atom is -0.480 e. The van der Waals surface area contributed by atoms with Crippen LogP contribution in [0.3, 0.4) is 0 Å². The second-order valence-corrected chi connectivity index (χ2v) is 13.4. The predicted molar refractivity (Wildman–Crippen MR) is 171 cm³/mol. The van der Waals surface area contributed by atoms with Gasteiger partial charge in [0.25, 0.3) is 5.91 Å². The minimum atomic E-state index is -3.94. The molecule has 0 bridgehead atoms. The number of carbonyl (C=O) groups excluding carboxylic acids is 3. The Labute approximate surface area is 269 Å². The van der Waals surface area contributed by atoms with Gasteiger partial charge in [0.1, 0.15) is 11.8 Å². The van der Waals surface area contributed by atoms with Crippen LogP contribution in [0.4, 0.5) is 0 Å². The Hall–Kier alpha value is -3.97. The number of rotatable bonds is 12. The molecular weight excluding hydrogens is 620 g/mol. The zero-order valence-corrected chi connectivity index (χ0v) is 27.2. The normalized spacial score (nSPS) is 15.6. The van der Waals surface area contributed by atoms with Gasteiger partial charge in [0, 0.05) is 19.7 Å². The highest BCUT2D eigenvalue weighted by Crippen LogP contribution is 2.40. The summed E-state index contributed by atoms with van der Waals surface area (Å²) in [6.07, 6.45) is -0.962. The van der Waals surface area contributed by atoms with Crippen molar-refractivity contribution in [3.8, 4) is 5.75 Å². The van der Waals surface area contributed by atoms with Gasteiger partial charge in [-0.05, 0) is 59.9 Å². The van der Waals surface area contributed by atoms with Crippen molar-refractivity contribution in [1.29, 1.82) is 0 Å². The molecule has 1 heterocycles. The van der Waals surface area contributed by atoms with Crippen LogP contribution in [0.15, 0.2) is 83.8 Å². The molecule has 2 atom stereocenters. The molecule has 1 saturated heterocycles. The molecular formula is C32H39ClN4O7S. The number of esters is 1. The Morgan fingerprint density at radius 2 is 1.58 bits per heavy atom. The lowest BCUT2D eigenvalue weighted by Gasteiger charge is -2.48. The van der Waals surface area contributed by atoms with E-state index in [0.29, 0.717) is 16.9 Å². The molecule has 3 aromatic rings. The molecule has 4 rings (SSSR count). The first-order valence-electron chi connectivity index (χ1n) is 14.1. The highest BCUT2D eigenvalue weighted by molar-refractivity contribution is 7.89. The fraction of sp³-hybridized carbons (Fsp3) is 0.344. The number of hydrogen-bond acceptors (Lipinski definition) is 8.